The third-order valence-electron chi connectivity index (χ3n) is 10.8. The Balaban J connectivity index is 0.000000429. The van der Waals surface area contributed by atoms with E-state index >= 15 is 0 Å². The van der Waals surface area contributed by atoms with Crippen molar-refractivity contribution in [1.29, 1.82) is 0 Å². The van der Waals surface area contributed by atoms with E-state index in [2.05, 4.69) is 193 Å². The van der Waals surface area contributed by atoms with E-state index in [9.17, 15) is 0 Å². The van der Waals surface area contributed by atoms with E-state index in [1.807, 2.05) is 59.7 Å². The minimum atomic E-state index is 0.913. The van der Waals surface area contributed by atoms with Crippen molar-refractivity contribution in [3.8, 4) is 22.3 Å². The molecule has 0 heteroatoms. The number of aryl methyl sites for hydroxylation is 3. The van der Waals surface area contributed by atoms with Crippen molar-refractivity contribution in [3.05, 3.63) is 198 Å². The van der Waals surface area contributed by atoms with Crippen LogP contribution in [-0.2, 0) is 6.42 Å². The van der Waals surface area contributed by atoms with Crippen LogP contribution in [0.2, 0.25) is 0 Å². The maximum Gasteiger partial charge on any atom is -0.00635 e. The van der Waals surface area contributed by atoms with Gasteiger partial charge in [-0.05, 0) is 123 Å². The second-order valence-electron chi connectivity index (χ2n) is 15.2. The van der Waals surface area contributed by atoms with Crippen LogP contribution in [0.1, 0.15) is 122 Å². The van der Waals surface area contributed by atoms with Crippen molar-refractivity contribution >= 4 is 37.9 Å². The van der Waals surface area contributed by atoms with Crippen LogP contribution >= 0.6 is 0 Å². The van der Waals surface area contributed by atoms with Gasteiger partial charge in [0.2, 0.25) is 0 Å². The molecule has 0 nitrogen and oxygen atoms in total. The van der Waals surface area contributed by atoms with E-state index in [4.69, 9.17) is 0 Å². The van der Waals surface area contributed by atoms with Gasteiger partial charge in [-0.1, -0.05) is 257 Å². The molecule has 1 saturated carbocycles. The van der Waals surface area contributed by atoms with Crippen molar-refractivity contribution in [1.82, 2.24) is 0 Å². The molecule has 0 spiro atoms. The molecule has 0 radical (unpaired) electrons. The summed E-state index contributed by atoms with van der Waals surface area (Å²) in [5.74, 6) is 0. The molecular formula is C62H76. The van der Waals surface area contributed by atoms with Crippen molar-refractivity contribution in [2.75, 3.05) is 0 Å². The van der Waals surface area contributed by atoms with Gasteiger partial charge < -0.3 is 0 Å². The summed E-state index contributed by atoms with van der Waals surface area (Å²) in [7, 11) is 0. The zero-order valence-electron chi connectivity index (χ0n) is 40.4. The summed E-state index contributed by atoms with van der Waals surface area (Å²) >= 11 is 0. The second-order valence-corrected chi connectivity index (χ2v) is 15.2. The molecule has 0 aromatic heterocycles. The lowest BCUT2D eigenvalue weighted by atomic mass is 9.86. The molecule has 324 valence electrons. The SMILES string of the molecule is C/C(=C\Cc1cccc(-c2ccc3c(c2)c2ccccc2c2ccc(-c4ccccc4C)c(C)c23)c1)c1ccccc1.C1CCC1.CC.CC.CC.CCC.Cc1ccccc1. The predicted octanol–water partition coefficient (Wildman–Crippen LogP) is 19.8. The minimum Gasteiger partial charge on any atom is -0.0766 e. The van der Waals surface area contributed by atoms with Gasteiger partial charge in [-0.2, -0.15) is 0 Å². The lowest BCUT2D eigenvalue weighted by Gasteiger charge is -2.17. The zero-order chi connectivity index (χ0) is 45.3. The first-order chi connectivity index (χ1) is 30.4. The molecule has 0 atom stereocenters. The average molecular weight is 821 g/mol. The number of hydrogen-bond acceptors (Lipinski definition) is 0. The van der Waals surface area contributed by atoms with E-state index in [0.717, 1.165) is 6.42 Å². The first kappa shape index (κ1) is 50.6. The molecule has 1 aliphatic carbocycles. The Morgan fingerprint density at radius 1 is 0.452 bits per heavy atom. The van der Waals surface area contributed by atoms with E-state index in [-0.39, 0.29) is 0 Å². The molecule has 1 aliphatic rings. The predicted molar refractivity (Wildman–Crippen MR) is 283 cm³/mol. The van der Waals surface area contributed by atoms with E-state index in [0.29, 0.717) is 0 Å². The lowest BCUT2D eigenvalue weighted by Crippen LogP contribution is -1.92. The van der Waals surface area contributed by atoms with E-state index < -0.39 is 0 Å². The second kappa shape index (κ2) is 28.0. The van der Waals surface area contributed by atoms with Crippen LogP contribution < -0.4 is 0 Å². The molecule has 0 unspecified atom stereocenters. The molecular weight excluding hydrogens is 745 g/mol. The van der Waals surface area contributed by atoms with Crippen molar-refractivity contribution in [2.24, 2.45) is 0 Å². The number of rotatable bonds is 5. The Morgan fingerprint density at radius 2 is 0.952 bits per heavy atom. The summed E-state index contributed by atoms with van der Waals surface area (Å²) in [5.41, 5.74) is 13.0. The Hall–Kier alpha value is -5.72. The quantitative estimate of drug-likeness (QED) is 0.152. The molecule has 8 aromatic rings. The first-order valence-electron chi connectivity index (χ1n) is 23.7. The van der Waals surface area contributed by atoms with E-state index in [1.165, 1.54) is 120 Å². The van der Waals surface area contributed by atoms with Gasteiger partial charge in [0.25, 0.3) is 0 Å². The molecule has 8 aromatic carbocycles. The zero-order valence-corrected chi connectivity index (χ0v) is 40.4. The largest absolute Gasteiger partial charge is 0.0766 e. The van der Waals surface area contributed by atoms with Crippen LogP contribution in [0.25, 0.3) is 60.1 Å². The molecule has 0 bridgehead atoms. The molecule has 0 saturated heterocycles. The summed E-state index contributed by atoms with van der Waals surface area (Å²) < 4.78 is 0. The third kappa shape index (κ3) is 13.9. The molecule has 0 N–H and O–H groups in total. The Kier molecular flexibility index (Phi) is 22.9. The lowest BCUT2D eigenvalue weighted by molar-refractivity contribution is 0.504. The summed E-state index contributed by atoms with van der Waals surface area (Å²) in [4.78, 5) is 0. The van der Waals surface area contributed by atoms with Crippen LogP contribution in [0, 0.1) is 20.8 Å². The summed E-state index contributed by atoms with van der Waals surface area (Å²) in [5, 5.41) is 7.92. The van der Waals surface area contributed by atoms with Gasteiger partial charge in [0.1, 0.15) is 0 Å². The molecule has 0 aliphatic heterocycles. The highest BCUT2D eigenvalue weighted by molar-refractivity contribution is 6.27. The number of benzene rings is 8. The molecule has 0 heterocycles. The van der Waals surface area contributed by atoms with Gasteiger partial charge >= 0.3 is 0 Å². The van der Waals surface area contributed by atoms with Gasteiger partial charge in [-0.25, -0.2) is 0 Å². The highest BCUT2D eigenvalue weighted by Gasteiger charge is 2.15. The maximum atomic E-state index is 2.40. The molecule has 62 heavy (non-hydrogen) atoms. The smallest absolute Gasteiger partial charge is 0.00635 e. The number of allylic oxidation sites excluding steroid dienone is 2. The highest BCUT2D eigenvalue weighted by atomic mass is 14.2. The van der Waals surface area contributed by atoms with Gasteiger partial charge in [0, 0.05) is 0 Å². The fourth-order valence-corrected chi connectivity index (χ4v) is 7.32. The fraction of sp³-hybridized carbons (Fsp3) is 0.290. The van der Waals surface area contributed by atoms with Crippen LogP contribution in [0.3, 0.4) is 0 Å². The Bertz CT molecular complexity index is 2510. The van der Waals surface area contributed by atoms with Crippen molar-refractivity contribution in [3.63, 3.8) is 0 Å². The average Bonchev–Trinajstić information content (AvgIpc) is 3.31. The minimum absolute atomic E-state index is 0.913. The van der Waals surface area contributed by atoms with Crippen molar-refractivity contribution in [2.45, 2.75) is 122 Å². The molecule has 1 fully saturated rings. The molecule has 0 amide bonds. The summed E-state index contributed by atoms with van der Waals surface area (Å²) in [6.45, 7) is 25.0. The molecule has 9 rings (SSSR count). The fourth-order valence-electron chi connectivity index (χ4n) is 7.32. The Morgan fingerprint density at radius 3 is 1.52 bits per heavy atom. The number of fused-ring (bicyclic) bond motifs is 6. The standard InChI is InChI=1S/C42H34.C7H8.C4H8.C3H8.3C2H6/c1-28(32-14-5-4-6-15-32)20-21-31-13-11-16-33(26-31)34-22-23-40-41(27-34)38-19-10-9-18-37(38)39-25-24-36(30(3)42(39)40)35-17-8-7-12-29(35)2;1-7-5-3-2-4-6-7;1-2-4-3-1;1-3-2;3*1-2/h4-20,22-27H,21H2,1-3H3;2-6H,1H3;1-4H2;3H2,1-2H3;3*1-2H3/b28-20+;;;;;;. The third-order valence-corrected chi connectivity index (χ3v) is 10.8. The summed E-state index contributed by atoms with van der Waals surface area (Å²) in [6.07, 6.45) is 10.5. The van der Waals surface area contributed by atoms with Gasteiger partial charge in [-0.3, -0.25) is 0 Å². The van der Waals surface area contributed by atoms with E-state index in [1.54, 1.807) is 0 Å². The number of hydrogen-bond donors (Lipinski definition) is 0. The van der Waals surface area contributed by atoms with Crippen LogP contribution in [-0.4, -0.2) is 0 Å². The van der Waals surface area contributed by atoms with Crippen LogP contribution in [0.4, 0.5) is 0 Å². The normalized spacial score (nSPS) is 11.2. The summed E-state index contributed by atoms with van der Waals surface area (Å²) in [6, 6.07) is 59.2. The monoisotopic (exact) mass is 821 g/mol. The van der Waals surface area contributed by atoms with Gasteiger partial charge in [0.15, 0.2) is 0 Å². The first-order valence-corrected chi connectivity index (χ1v) is 23.7. The van der Waals surface area contributed by atoms with Gasteiger partial charge in [0.05, 0.1) is 0 Å². The highest BCUT2D eigenvalue weighted by Crippen LogP contribution is 2.41. The topological polar surface area (TPSA) is 0 Å². The van der Waals surface area contributed by atoms with Crippen molar-refractivity contribution < 1.29 is 0 Å². The van der Waals surface area contributed by atoms with Crippen LogP contribution in [0.15, 0.2) is 170 Å². The van der Waals surface area contributed by atoms with Crippen LogP contribution in [0.5, 0.6) is 0 Å². The Labute approximate surface area is 377 Å². The maximum absolute atomic E-state index is 2.40. The van der Waals surface area contributed by atoms with Gasteiger partial charge in [-0.15, -0.1) is 0 Å².